The Morgan fingerprint density at radius 2 is 2.14 bits per heavy atom. The number of aryl methyl sites for hydroxylation is 1. The summed E-state index contributed by atoms with van der Waals surface area (Å²) >= 11 is 0. The van der Waals surface area contributed by atoms with Gasteiger partial charge in [0.1, 0.15) is 0 Å². The van der Waals surface area contributed by atoms with E-state index in [0.717, 1.165) is 31.7 Å². The number of hydrogen-bond acceptors (Lipinski definition) is 4. The van der Waals surface area contributed by atoms with Crippen molar-refractivity contribution in [1.29, 1.82) is 0 Å². The first-order chi connectivity index (χ1) is 10.3. The van der Waals surface area contributed by atoms with Gasteiger partial charge in [0.15, 0.2) is 0 Å². The summed E-state index contributed by atoms with van der Waals surface area (Å²) in [7, 11) is 0. The average molecular weight is 289 g/mol. The molecule has 0 saturated heterocycles. The van der Waals surface area contributed by atoms with Gasteiger partial charge in [-0.3, -0.25) is 9.48 Å². The molecule has 2 rings (SSSR count). The lowest BCUT2D eigenvalue weighted by molar-refractivity contribution is -0.143. The minimum Gasteiger partial charge on any atom is -0.466 e. The van der Waals surface area contributed by atoms with Crippen molar-refractivity contribution in [2.75, 3.05) is 13.2 Å². The van der Waals surface area contributed by atoms with E-state index < -0.39 is 0 Å². The number of esters is 1. The maximum Gasteiger partial charge on any atom is 0.305 e. The highest BCUT2D eigenvalue weighted by atomic mass is 16.5. The van der Waals surface area contributed by atoms with Gasteiger partial charge >= 0.3 is 5.97 Å². The van der Waals surface area contributed by atoms with Crippen LogP contribution in [0.3, 0.4) is 0 Å². The highest BCUT2D eigenvalue weighted by molar-refractivity contribution is 5.81. The van der Waals surface area contributed by atoms with Crippen LogP contribution < -0.4 is 5.32 Å². The summed E-state index contributed by atoms with van der Waals surface area (Å²) in [5.74, 6) is -0.125. The number of fused-ring (bicyclic) bond motifs is 1. The number of hydrogen-bond donors (Lipinski definition) is 1. The van der Waals surface area contributed by atoms with Crippen LogP contribution >= 0.6 is 0 Å². The maximum atomic E-state index is 11.2. The number of benzene rings is 1. The molecule has 0 aliphatic carbocycles. The Balaban J connectivity index is 1.85. The number of rotatable bonds is 8. The summed E-state index contributed by atoms with van der Waals surface area (Å²) in [5.41, 5.74) is 2.23. The molecule has 0 saturated carbocycles. The van der Waals surface area contributed by atoms with E-state index in [0.29, 0.717) is 13.0 Å². The lowest BCUT2D eigenvalue weighted by Crippen LogP contribution is -2.17. The monoisotopic (exact) mass is 289 g/mol. The molecule has 0 fully saturated rings. The van der Waals surface area contributed by atoms with Crippen LogP contribution in [0.1, 0.15) is 32.4 Å². The summed E-state index contributed by atoms with van der Waals surface area (Å²) in [5, 5.41) is 9.17. The van der Waals surface area contributed by atoms with Crippen LogP contribution in [0, 0.1) is 0 Å². The molecule has 0 aliphatic rings. The molecule has 0 amide bonds. The van der Waals surface area contributed by atoms with E-state index in [1.165, 1.54) is 10.9 Å². The van der Waals surface area contributed by atoms with Crippen LogP contribution in [-0.2, 0) is 22.6 Å². The van der Waals surface area contributed by atoms with Crippen LogP contribution in [0.25, 0.3) is 10.9 Å². The normalized spacial score (nSPS) is 11.0. The molecule has 5 nitrogen and oxygen atoms in total. The largest absolute Gasteiger partial charge is 0.466 e. The fourth-order valence-corrected chi connectivity index (χ4v) is 2.37. The smallest absolute Gasteiger partial charge is 0.305 e. The average Bonchev–Trinajstić information content (AvgIpc) is 2.85. The van der Waals surface area contributed by atoms with E-state index >= 15 is 0 Å². The van der Waals surface area contributed by atoms with E-state index in [9.17, 15) is 4.79 Å². The first-order valence-electron chi connectivity index (χ1n) is 7.57. The number of para-hydroxylation sites is 1. The highest BCUT2D eigenvalue weighted by Crippen LogP contribution is 2.18. The third kappa shape index (κ3) is 4.04. The molecule has 0 spiro atoms. The SMILES string of the molecule is CCOC(=O)CCCNCc1nn(CC)c2ccccc12. The molecule has 114 valence electrons. The second-order valence-corrected chi connectivity index (χ2v) is 4.86. The Morgan fingerprint density at radius 3 is 2.90 bits per heavy atom. The Labute approximate surface area is 125 Å². The number of aromatic nitrogens is 2. The highest BCUT2D eigenvalue weighted by Gasteiger charge is 2.08. The molecule has 5 heteroatoms. The molecule has 1 aromatic carbocycles. The van der Waals surface area contributed by atoms with Crippen molar-refractivity contribution in [2.24, 2.45) is 0 Å². The van der Waals surface area contributed by atoms with Gasteiger partial charge in [-0.15, -0.1) is 0 Å². The Morgan fingerprint density at radius 1 is 1.33 bits per heavy atom. The molecule has 2 aromatic rings. The quantitative estimate of drug-likeness (QED) is 0.599. The van der Waals surface area contributed by atoms with Crippen molar-refractivity contribution < 1.29 is 9.53 Å². The molecule has 1 heterocycles. The number of carbonyl (C=O) groups is 1. The summed E-state index contributed by atoms with van der Waals surface area (Å²) in [4.78, 5) is 11.2. The van der Waals surface area contributed by atoms with Crippen molar-refractivity contribution in [2.45, 2.75) is 39.8 Å². The molecule has 0 bridgehead atoms. The first-order valence-corrected chi connectivity index (χ1v) is 7.57. The Bertz CT molecular complexity index is 592. The van der Waals surface area contributed by atoms with Gasteiger partial charge in [0.25, 0.3) is 0 Å². The van der Waals surface area contributed by atoms with Crippen molar-refractivity contribution >= 4 is 16.9 Å². The number of carbonyl (C=O) groups excluding carboxylic acids is 1. The fourth-order valence-electron chi connectivity index (χ4n) is 2.37. The molecule has 0 radical (unpaired) electrons. The molecule has 0 unspecified atom stereocenters. The molecule has 1 N–H and O–H groups in total. The fraction of sp³-hybridized carbons (Fsp3) is 0.500. The summed E-state index contributed by atoms with van der Waals surface area (Å²) in [6.07, 6.45) is 1.25. The van der Waals surface area contributed by atoms with Gasteiger partial charge in [0, 0.05) is 24.9 Å². The van der Waals surface area contributed by atoms with E-state index in [-0.39, 0.29) is 5.97 Å². The van der Waals surface area contributed by atoms with Gasteiger partial charge in [0.2, 0.25) is 0 Å². The number of nitrogens with one attached hydrogen (secondary N) is 1. The lowest BCUT2D eigenvalue weighted by Gasteiger charge is -2.03. The molecule has 0 atom stereocenters. The predicted octanol–water partition coefficient (Wildman–Crippen LogP) is 2.49. The van der Waals surface area contributed by atoms with E-state index in [2.05, 4.69) is 29.5 Å². The minimum absolute atomic E-state index is 0.125. The number of ether oxygens (including phenoxy) is 1. The first kappa shape index (κ1) is 15.5. The molecule has 1 aromatic heterocycles. The molecular formula is C16H23N3O2. The number of nitrogens with zero attached hydrogens (tertiary/aromatic N) is 2. The van der Waals surface area contributed by atoms with Crippen molar-refractivity contribution in [3.8, 4) is 0 Å². The van der Waals surface area contributed by atoms with Crippen LogP contribution in [0.2, 0.25) is 0 Å². The second kappa shape index (κ2) is 7.78. The van der Waals surface area contributed by atoms with Crippen LogP contribution in [0.15, 0.2) is 24.3 Å². The third-order valence-electron chi connectivity index (χ3n) is 3.37. The van der Waals surface area contributed by atoms with Crippen molar-refractivity contribution in [3.63, 3.8) is 0 Å². The van der Waals surface area contributed by atoms with E-state index in [4.69, 9.17) is 4.74 Å². The molecule has 0 aliphatic heterocycles. The van der Waals surface area contributed by atoms with E-state index in [1.807, 2.05) is 23.7 Å². The topological polar surface area (TPSA) is 56.1 Å². The molecular weight excluding hydrogens is 266 g/mol. The zero-order valence-electron chi connectivity index (χ0n) is 12.8. The lowest BCUT2D eigenvalue weighted by atomic mass is 10.2. The van der Waals surface area contributed by atoms with Crippen LogP contribution in [0.4, 0.5) is 0 Å². The summed E-state index contributed by atoms with van der Waals surface area (Å²) in [6.45, 7) is 6.74. The van der Waals surface area contributed by atoms with Gasteiger partial charge < -0.3 is 10.1 Å². The van der Waals surface area contributed by atoms with Crippen molar-refractivity contribution in [1.82, 2.24) is 15.1 Å². The van der Waals surface area contributed by atoms with Crippen molar-refractivity contribution in [3.05, 3.63) is 30.0 Å². The second-order valence-electron chi connectivity index (χ2n) is 4.86. The van der Waals surface area contributed by atoms with Gasteiger partial charge in [-0.2, -0.15) is 5.10 Å². The standard InChI is InChI=1S/C16H23N3O2/c1-3-19-15-9-6-5-8-13(15)14(18-19)12-17-11-7-10-16(20)21-4-2/h5-6,8-9,17H,3-4,7,10-12H2,1-2H3. The zero-order chi connectivity index (χ0) is 15.1. The molecule has 21 heavy (non-hydrogen) atoms. The summed E-state index contributed by atoms with van der Waals surface area (Å²) < 4.78 is 6.92. The van der Waals surface area contributed by atoms with Gasteiger partial charge in [-0.05, 0) is 32.9 Å². The minimum atomic E-state index is -0.125. The van der Waals surface area contributed by atoms with Crippen LogP contribution in [0.5, 0.6) is 0 Å². The predicted molar refractivity (Wildman–Crippen MR) is 83.0 cm³/mol. The Kier molecular flexibility index (Phi) is 5.75. The van der Waals surface area contributed by atoms with Gasteiger partial charge in [0.05, 0.1) is 17.8 Å². The summed E-state index contributed by atoms with van der Waals surface area (Å²) in [6, 6.07) is 8.27. The van der Waals surface area contributed by atoms with E-state index in [1.54, 1.807) is 0 Å². The van der Waals surface area contributed by atoms with Gasteiger partial charge in [-0.25, -0.2) is 0 Å². The maximum absolute atomic E-state index is 11.2. The zero-order valence-corrected chi connectivity index (χ0v) is 12.8. The third-order valence-corrected chi connectivity index (χ3v) is 3.37. The van der Waals surface area contributed by atoms with Crippen LogP contribution in [-0.4, -0.2) is 28.9 Å². The Hall–Kier alpha value is -1.88. The van der Waals surface area contributed by atoms with Gasteiger partial charge in [-0.1, -0.05) is 18.2 Å².